The van der Waals surface area contributed by atoms with E-state index in [0.717, 1.165) is 11.1 Å². The molecular formula is C24H20N6. The summed E-state index contributed by atoms with van der Waals surface area (Å²) in [4.78, 5) is 9.57. The lowest BCUT2D eigenvalue weighted by molar-refractivity contribution is 0.664. The number of nitrogens with zero attached hydrogens (tertiary/aromatic N) is 5. The van der Waals surface area contributed by atoms with E-state index >= 15 is 0 Å². The maximum absolute atomic E-state index is 4.80. The first-order valence-electron chi connectivity index (χ1n) is 9.85. The lowest BCUT2D eigenvalue weighted by atomic mass is 10.2. The van der Waals surface area contributed by atoms with Crippen LogP contribution in [0.15, 0.2) is 91.0 Å². The summed E-state index contributed by atoms with van der Waals surface area (Å²) in [7, 11) is 0. The van der Waals surface area contributed by atoms with Gasteiger partial charge < -0.3 is 5.32 Å². The third-order valence-corrected chi connectivity index (χ3v) is 4.87. The van der Waals surface area contributed by atoms with Crippen molar-refractivity contribution in [3.05, 3.63) is 102 Å². The van der Waals surface area contributed by atoms with Gasteiger partial charge in [0.15, 0.2) is 22.8 Å². The van der Waals surface area contributed by atoms with E-state index in [1.807, 2.05) is 71.4 Å². The molecule has 0 aliphatic heterocycles. The zero-order valence-electron chi connectivity index (χ0n) is 16.3. The molecule has 1 N–H and O–H groups in total. The fraction of sp³-hybridized carbons (Fsp3) is 0.0833. The van der Waals surface area contributed by atoms with Crippen molar-refractivity contribution >= 4 is 17.0 Å². The molecule has 2 heterocycles. The minimum absolute atomic E-state index is 0.598. The molecule has 0 unspecified atom stereocenters. The van der Waals surface area contributed by atoms with E-state index in [1.54, 1.807) is 0 Å². The highest BCUT2D eigenvalue weighted by atomic mass is 15.4. The van der Waals surface area contributed by atoms with Gasteiger partial charge in [0, 0.05) is 12.1 Å². The SMILES string of the molecule is c1ccc(CNc2nc(-c3ccccc3)nc3c2nnn3Cc2ccccc2)cc1. The summed E-state index contributed by atoms with van der Waals surface area (Å²) in [6.45, 7) is 1.24. The van der Waals surface area contributed by atoms with Crippen LogP contribution in [0.3, 0.4) is 0 Å². The van der Waals surface area contributed by atoms with Crippen molar-refractivity contribution in [1.82, 2.24) is 25.0 Å². The predicted molar refractivity (Wildman–Crippen MR) is 118 cm³/mol. The van der Waals surface area contributed by atoms with Crippen LogP contribution in [-0.2, 0) is 13.1 Å². The Bertz CT molecular complexity index is 1250. The average Bonchev–Trinajstić information content (AvgIpc) is 3.22. The number of hydrogen-bond donors (Lipinski definition) is 1. The van der Waals surface area contributed by atoms with Gasteiger partial charge >= 0.3 is 0 Å². The fourth-order valence-electron chi connectivity index (χ4n) is 3.34. The largest absolute Gasteiger partial charge is 0.364 e. The Morgan fingerprint density at radius 1 is 0.700 bits per heavy atom. The van der Waals surface area contributed by atoms with Gasteiger partial charge in [-0.25, -0.2) is 14.6 Å². The number of rotatable bonds is 6. The molecule has 0 saturated heterocycles. The molecular weight excluding hydrogens is 372 g/mol. The molecule has 0 fully saturated rings. The molecule has 5 aromatic rings. The summed E-state index contributed by atoms with van der Waals surface area (Å²) in [5.41, 5.74) is 4.64. The van der Waals surface area contributed by atoms with E-state index < -0.39 is 0 Å². The van der Waals surface area contributed by atoms with Crippen molar-refractivity contribution in [2.75, 3.05) is 5.32 Å². The van der Waals surface area contributed by atoms with Crippen LogP contribution in [0.25, 0.3) is 22.6 Å². The molecule has 0 saturated carbocycles. The highest BCUT2D eigenvalue weighted by Crippen LogP contribution is 2.24. The van der Waals surface area contributed by atoms with Crippen molar-refractivity contribution in [3.8, 4) is 11.4 Å². The molecule has 2 aromatic heterocycles. The first-order valence-corrected chi connectivity index (χ1v) is 9.85. The molecule has 0 radical (unpaired) electrons. The maximum Gasteiger partial charge on any atom is 0.184 e. The lowest BCUT2D eigenvalue weighted by Gasteiger charge is -2.09. The van der Waals surface area contributed by atoms with Gasteiger partial charge in [0.1, 0.15) is 0 Å². The summed E-state index contributed by atoms with van der Waals surface area (Å²) in [5.74, 6) is 1.33. The summed E-state index contributed by atoms with van der Waals surface area (Å²) in [6.07, 6.45) is 0. The molecule has 5 rings (SSSR count). The highest BCUT2D eigenvalue weighted by Gasteiger charge is 2.16. The molecule has 3 aromatic carbocycles. The van der Waals surface area contributed by atoms with Crippen LogP contribution in [-0.4, -0.2) is 25.0 Å². The minimum atomic E-state index is 0.598. The molecule has 6 nitrogen and oxygen atoms in total. The Morgan fingerprint density at radius 3 is 2.03 bits per heavy atom. The van der Waals surface area contributed by atoms with E-state index in [0.29, 0.717) is 35.9 Å². The van der Waals surface area contributed by atoms with Gasteiger partial charge in [-0.3, -0.25) is 0 Å². The second kappa shape index (κ2) is 8.13. The normalized spacial score (nSPS) is 10.9. The first-order chi connectivity index (χ1) is 14.9. The average molecular weight is 392 g/mol. The van der Waals surface area contributed by atoms with Crippen LogP contribution in [0.4, 0.5) is 5.82 Å². The predicted octanol–water partition coefficient (Wildman–Crippen LogP) is 4.55. The molecule has 0 atom stereocenters. The van der Waals surface area contributed by atoms with E-state index in [4.69, 9.17) is 9.97 Å². The van der Waals surface area contributed by atoms with Gasteiger partial charge in [-0.2, -0.15) is 0 Å². The van der Waals surface area contributed by atoms with Gasteiger partial charge in [-0.1, -0.05) is 96.2 Å². The monoisotopic (exact) mass is 392 g/mol. The van der Waals surface area contributed by atoms with Gasteiger partial charge in [0.05, 0.1) is 6.54 Å². The number of fused-ring (bicyclic) bond motifs is 1. The van der Waals surface area contributed by atoms with E-state index in [1.165, 1.54) is 5.56 Å². The van der Waals surface area contributed by atoms with Crippen LogP contribution < -0.4 is 5.32 Å². The Hall–Kier alpha value is -4.06. The van der Waals surface area contributed by atoms with Crippen molar-refractivity contribution in [2.24, 2.45) is 0 Å². The Kier molecular flexibility index (Phi) is 4.88. The molecule has 6 heteroatoms. The molecule has 0 spiro atoms. The highest BCUT2D eigenvalue weighted by molar-refractivity contribution is 5.84. The Balaban J connectivity index is 1.57. The van der Waals surface area contributed by atoms with E-state index in [9.17, 15) is 0 Å². The molecule has 0 aliphatic carbocycles. The molecule has 0 aliphatic rings. The van der Waals surface area contributed by atoms with E-state index in [2.05, 4.69) is 39.9 Å². The second-order valence-corrected chi connectivity index (χ2v) is 7.01. The summed E-state index contributed by atoms with van der Waals surface area (Å²) in [6, 6.07) is 30.4. The molecule has 0 bridgehead atoms. The van der Waals surface area contributed by atoms with Gasteiger partial charge in [-0.05, 0) is 11.1 Å². The molecule has 0 amide bonds. The standard InChI is InChI=1S/C24H20N6/c1-4-10-18(11-5-1)16-25-23-21-24(27-22(26-23)20-14-8-3-9-15-20)30(29-28-21)17-19-12-6-2-7-13-19/h1-15H,16-17H2,(H,25,26,27). The van der Waals surface area contributed by atoms with Gasteiger partial charge in [-0.15, -0.1) is 5.10 Å². The summed E-state index contributed by atoms with van der Waals surface area (Å²) in [5, 5.41) is 12.2. The quantitative estimate of drug-likeness (QED) is 0.459. The van der Waals surface area contributed by atoms with Gasteiger partial charge in [0.2, 0.25) is 0 Å². The lowest BCUT2D eigenvalue weighted by Crippen LogP contribution is -2.06. The van der Waals surface area contributed by atoms with Crippen molar-refractivity contribution < 1.29 is 0 Å². The fourth-order valence-corrected chi connectivity index (χ4v) is 3.34. The van der Waals surface area contributed by atoms with Crippen LogP contribution in [0.5, 0.6) is 0 Å². The zero-order chi connectivity index (χ0) is 20.2. The Labute approximate surface area is 174 Å². The minimum Gasteiger partial charge on any atom is -0.364 e. The van der Waals surface area contributed by atoms with Crippen LogP contribution in [0.1, 0.15) is 11.1 Å². The van der Waals surface area contributed by atoms with Crippen LogP contribution >= 0.6 is 0 Å². The number of hydrogen-bond acceptors (Lipinski definition) is 5. The number of aromatic nitrogens is 5. The van der Waals surface area contributed by atoms with Crippen LogP contribution in [0, 0.1) is 0 Å². The molecule has 146 valence electrons. The van der Waals surface area contributed by atoms with Crippen molar-refractivity contribution in [2.45, 2.75) is 13.1 Å². The smallest absolute Gasteiger partial charge is 0.184 e. The molecule has 30 heavy (non-hydrogen) atoms. The van der Waals surface area contributed by atoms with Crippen molar-refractivity contribution in [3.63, 3.8) is 0 Å². The van der Waals surface area contributed by atoms with Crippen LogP contribution in [0.2, 0.25) is 0 Å². The second-order valence-electron chi connectivity index (χ2n) is 7.01. The van der Waals surface area contributed by atoms with Gasteiger partial charge in [0.25, 0.3) is 0 Å². The number of benzene rings is 3. The summed E-state index contributed by atoms with van der Waals surface area (Å²) < 4.78 is 1.83. The number of nitrogens with one attached hydrogen (secondary N) is 1. The number of anilines is 1. The zero-order valence-corrected chi connectivity index (χ0v) is 16.3. The maximum atomic E-state index is 4.80. The third-order valence-electron chi connectivity index (χ3n) is 4.87. The first kappa shape index (κ1) is 18.0. The van der Waals surface area contributed by atoms with Crippen molar-refractivity contribution in [1.29, 1.82) is 0 Å². The Morgan fingerprint density at radius 2 is 1.33 bits per heavy atom. The third kappa shape index (κ3) is 3.75. The summed E-state index contributed by atoms with van der Waals surface area (Å²) >= 11 is 0. The van der Waals surface area contributed by atoms with E-state index in [-0.39, 0.29) is 0 Å². The topological polar surface area (TPSA) is 68.5 Å².